The minimum absolute atomic E-state index is 0.153. The molecule has 0 amide bonds. The summed E-state index contributed by atoms with van der Waals surface area (Å²) in [6, 6.07) is 9.14. The van der Waals surface area contributed by atoms with Crippen LogP contribution in [-0.2, 0) is 16.0 Å². The van der Waals surface area contributed by atoms with Crippen LogP contribution in [0, 0.1) is 13.8 Å². The lowest BCUT2D eigenvalue weighted by molar-refractivity contribution is 0.0470. The molecule has 2 heterocycles. The Morgan fingerprint density at radius 1 is 1.21 bits per heavy atom. The maximum Gasteiger partial charge on any atom is 0.356 e. The number of hydrogen-bond donors (Lipinski definition) is 1. The number of methoxy groups -OCH3 is 1. The Morgan fingerprint density at radius 3 is 2.68 bits per heavy atom. The van der Waals surface area contributed by atoms with Crippen molar-refractivity contribution in [2.24, 2.45) is 0 Å². The van der Waals surface area contributed by atoms with Gasteiger partial charge in [0.25, 0.3) is 0 Å². The Labute approximate surface area is 168 Å². The van der Waals surface area contributed by atoms with Crippen molar-refractivity contribution in [3.63, 3.8) is 0 Å². The van der Waals surface area contributed by atoms with Crippen LogP contribution in [0.3, 0.4) is 0 Å². The lowest BCUT2D eigenvalue weighted by atomic mass is 10.1. The standard InChI is InChI=1S/C21H23ClN2O4/c1-13-11-16(14(2)24(13)9-6-10-27-3)18(25)12-28-21(26)20-19(22)15-7-4-5-8-17(15)23-20/h4-5,7-8,11,23H,6,9-10,12H2,1-3H3. The van der Waals surface area contributed by atoms with Crippen LogP contribution in [-0.4, -0.2) is 41.6 Å². The van der Waals surface area contributed by atoms with Crippen molar-refractivity contribution < 1.29 is 19.1 Å². The third-order valence-electron chi connectivity index (χ3n) is 4.79. The average molecular weight is 403 g/mol. The van der Waals surface area contributed by atoms with E-state index in [0.717, 1.165) is 35.3 Å². The summed E-state index contributed by atoms with van der Waals surface area (Å²) < 4.78 is 12.4. The van der Waals surface area contributed by atoms with Crippen LogP contribution in [0.1, 0.15) is 38.7 Å². The van der Waals surface area contributed by atoms with E-state index in [9.17, 15) is 9.59 Å². The maximum atomic E-state index is 12.6. The number of halogens is 1. The van der Waals surface area contributed by atoms with Gasteiger partial charge in [-0.05, 0) is 32.4 Å². The number of carbonyl (C=O) groups is 2. The summed E-state index contributed by atoms with van der Waals surface area (Å²) in [6.07, 6.45) is 0.856. The normalized spacial score (nSPS) is 11.1. The van der Waals surface area contributed by atoms with Crippen molar-refractivity contribution >= 4 is 34.3 Å². The molecular weight excluding hydrogens is 380 g/mol. The van der Waals surface area contributed by atoms with E-state index >= 15 is 0 Å². The summed E-state index contributed by atoms with van der Waals surface area (Å²) in [7, 11) is 1.66. The van der Waals surface area contributed by atoms with Gasteiger partial charge in [0.2, 0.25) is 5.78 Å². The van der Waals surface area contributed by atoms with Crippen LogP contribution < -0.4 is 0 Å². The first-order valence-corrected chi connectivity index (χ1v) is 9.44. The molecule has 0 aliphatic heterocycles. The summed E-state index contributed by atoms with van der Waals surface area (Å²) in [6.45, 7) is 4.93. The highest BCUT2D eigenvalue weighted by atomic mass is 35.5. The molecule has 1 aromatic carbocycles. The van der Waals surface area contributed by atoms with Gasteiger partial charge in [0, 0.05) is 48.1 Å². The zero-order chi connectivity index (χ0) is 20.3. The number of hydrogen-bond acceptors (Lipinski definition) is 4. The van der Waals surface area contributed by atoms with Gasteiger partial charge in [0.15, 0.2) is 6.61 Å². The highest BCUT2D eigenvalue weighted by Crippen LogP contribution is 2.27. The topological polar surface area (TPSA) is 73.3 Å². The average Bonchev–Trinajstić information content (AvgIpc) is 3.17. The molecule has 0 fully saturated rings. The van der Waals surface area contributed by atoms with Crippen LogP contribution in [0.2, 0.25) is 5.02 Å². The zero-order valence-electron chi connectivity index (χ0n) is 16.2. The largest absolute Gasteiger partial charge is 0.453 e. The minimum Gasteiger partial charge on any atom is -0.453 e. The molecular formula is C21H23ClN2O4. The second-order valence-corrected chi connectivity index (χ2v) is 7.02. The fourth-order valence-corrected chi connectivity index (χ4v) is 3.61. The molecule has 28 heavy (non-hydrogen) atoms. The molecule has 0 atom stereocenters. The zero-order valence-corrected chi connectivity index (χ0v) is 16.9. The van der Waals surface area contributed by atoms with Crippen LogP contribution in [0.15, 0.2) is 30.3 Å². The monoisotopic (exact) mass is 402 g/mol. The molecule has 148 valence electrons. The molecule has 0 aliphatic carbocycles. The van der Waals surface area contributed by atoms with Crippen molar-refractivity contribution in [1.29, 1.82) is 0 Å². The molecule has 0 spiro atoms. The van der Waals surface area contributed by atoms with Gasteiger partial charge >= 0.3 is 5.97 Å². The molecule has 3 aromatic rings. The first kappa shape index (κ1) is 20.2. The molecule has 0 radical (unpaired) electrons. The van der Waals surface area contributed by atoms with Crippen LogP contribution in [0.4, 0.5) is 0 Å². The number of esters is 1. The number of aromatic nitrogens is 2. The lowest BCUT2D eigenvalue weighted by Gasteiger charge is -2.09. The quantitative estimate of drug-likeness (QED) is 0.346. The van der Waals surface area contributed by atoms with E-state index in [1.54, 1.807) is 7.11 Å². The van der Waals surface area contributed by atoms with Crippen molar-refractivity contribution in [1.82, 2.24) is 9.55 Å². The van der Waals surface area contributed by atoms with Crippen LogP contribution in [0.25, 0.3) is 10.9 Å². The number of H-pyrrole nitrogens is 1. The number of Topliss-reactive ketones (excluding diaryl/α,β-unsaturated/α-hetero) is 1. The number of aromatic amines is 1. The summed E-state index contributed by atoms with van der Waals surface area (Å²) in [4.78, 5) is 27.9. The Hall–Kier alpha value is -2.57. The predicted molar refractivity (Wildman–Crippen MR) is 108 cm³/mol. The van der Waals surface area contributed by atoms with Crippen molar-refractivity contribution in [2.45, 2.75) is 26.8 Å². The number of ketones is 1. The van der Waals surface area contributed by atoms with Gasteiger partial charge in [0.05, 0.1) is 5.02 Å². The first-order chi connectivity index (χ1) is 13.4. The van der Waals surface area contributed by atoms with E-state index in [-0.39, 0.29) is 18.1 Å². The maximum absolute atomic E-state index is 12.6. The van der Waals surface area contributed by atoms with E-state index in [0.29, 0.717) is 17.2 Å². The molecule has 0 unspecified atom stereocenters. The lowest BCUT2D eigenvalue weighted by Crippen LogP contribution is -2.15. The van der Waals surface area contributed by atoms with Gasteiger partial charge in [-0.3, -0.25) is 4.79 Å². The molecule has 2 aromatic heterocycles. The van der Waals surface area contributed by atoms with Gasteiger partial charge in [-0.2, -0.15) is 0 Å². The Morgan fingerprint density at radius 2 is 1.96 bits per heavy atom. The van der Waals surface area contributed by atoms with Crippen molar-refractivity contribution in [2.75, 3.05) is 20.3 Å². The summed E-state index contributed by atoms with van der Waals surface area (Å²) in [5, 5.41) is 1.03. The van der Waals surface area contributed by atoms with Crippen molar-refractivity contribution in [3.05, 3.63) is 58.0 Å². The van der Waals surface area contributed by atoms with E-state index < -0.39 is 5.97 Å². The van der Waals surface area contributed by atoms with Gasteiger partial charge in [-0.25, -0.2) is 4.79 Å². The number of nitrogens with zero attached hydrogens (tertiary/aromatic N) is 1. The third kappa shape index (κ3) is 3.98. The molecule has 0 saturated carbocycles. The fourth-order valence-electron chi connectivity index (χ4n) is 3.32. The van der Waals surface area contributed by atoms with E-state index in [4.69, 9.17) is 21.1 Å². The second kappa shape index (κ2) is 8.63. The molecule has 7 heteroatoms. The van der Waals surface area contributed by atoms with E-state index in [1.807, 2.05) is 44.2 Å². The predicted octanol–water partition coefficient (Wildman–Crippen LogP) is 4.32. The van der Waals surface area contributed by atoms with E-state index in [1.165, 1.54) is 0 Å². The molecule has 6 nitrogen and oxygen atoms in total. The number of carbonyl (C=O) groups excluding carboxylic acids is 2. The first-order valence-electron chi connectivity index (χ1n) is 9.06. The third-order valence-corrected chi connectivity index (χ3v) is 5.18. The second-order valence-electron chi connectivity index (χ2n) is 6.64. The smallest absolute Gasteiger partial charge is 0.356 e. The van der Waals surface area contributed by atoms with E-state index in [2.05, 4.69) is 9.55 Å². The van der Waals surface area contributed by atoms with Crippen LogP contribution in [0.5, 0.6) is 0 Å². The summed E-state index contributed by atoms with van der Waals surface area (Å²) in [5.74, 6) is -0.893. The number of para-hydroxylation sites is 1. The minimum atomic E-state index is -0.650. The molecule has 1 N–H and O–H groups in total. The Kier molecular flexibility index (Phi) is 6.21. The molecule has 0 bridgehead atoms. The fraction of sp³-hybridized carbons (Fsp3) is 0.333. The highest BCUT2D eigenvalue weighted by molar-refractivity contribution is 6.38. The number of aryl methyl sites for hydroxylation is 1. The Balaban J connectivity index is 1.69. The summed E-state index contributed by atoms with van der Waals surface area (Å²) in [5.41, 5.74) is 3.30. The van der Waals surface area contributed by atoms with Gasteiger partial charge < -0.3 is 19.0 Å². The molecule has 0 saturated heterocycles. The number of benzene rings is 1. The molecule has 0 aliphatic rings. The number of nitrogens with one attached hydrogen (secondary N) is 1. The van der Waals surface area contributed by atoms with Crippen molar-refractivity contribution in [3.8, 4) is 0 Å². The molecule has 3 rings (SSSR count). The highest BCUT2D eigenvalue weighted by Gasteiger charge is 2.21. The summed E-state index contributed by atoms with van der Waals surface area (Å²) >= 11 is 6.26. The number of ether oxygens (including phenoxy) is 2. The Bertz CT molecular complexity index is 1020. The van der Waals surface area contributed by atoms with Crippen LogP contribution >= 0.6 is 11.6 Å². The van der Waals surface area contributed by atoms with Gasteiger partial charge in [-0.1, -0.05) is 29.8 Å². The number of rotatable bonds is 8. The van der Waals surface area contributed by atoms with Gasteiger partial charge in [-0.15, -0.1) is 0 Å². The SMILES string of the molecule is COCCCn1c(C)cc(C(=O)COC(=O)c2[nH]c3ccccc3c2Cl)c1C. The number of fused-ring (bicyclic) bond motifs is 1. The van der Waals surface area contributed by atoms with Gasteiger partial charge in [0.1, 0.15) is 5.69 Å².